The maximum atomic E-state index is 13.2. The monoisotopic (exact) mass is 475 g/mol. The van der Waals surface area contributed by atoms with Crippen molar-refractivity contribution in [3.8, 4) is 17.6 Å². The predicted octanol–water partition coefficient (Wildman–Crippen LogP) is 5.15. The van der Waals surface area contributed by atoms with Gasteiger partial charge in [0.1, 0.15) is 6.61 Å². The lowest BCUT2D eigenvalue weighted by Crippen LogP contribution is -2.35. The van der Waals surface area contributed by atoms with Crippen molar-refractivity contribution in [1.82, 2.24) is 4.90 Å². The van der Waals surface area contributed by atoms with E-state index in [1.54, 1.807) is 25.3 Å². The first kappa shape index (κ1) is 23.5. The molecule has 0 unspecified atom stereocenters. The number of hydrogen-bond acceptors (Lipinski definition) is 5. The standard InChI is InChI=1S/C27H26ClN3O3/c1-33-26-17-21(9-12-25(26)34-19-22-5-2-3-6-24(22)28)27(32)31-14-4-13-30(15-16-31)23-10-7-20(18-29)8-11-23/h2-3,5-12,17H,4,13-16,19H2,1H3. The van der Waals surface area contributed by atoms with Gasteiger partial charge in [0, 0.05) is 48.0 Å². The van der Waals surface area contributed by atoms with E-state index in [-0.39, 0.29) is 5.91 Å². The summed E-state index contributed by atoms with van der Waals surface area (Å²) in [7, 11) is 1.56. The van der Waals surface area contributed by atoms with Crippen molar-refractivity contribution in [3.63, 3.8) is 0 Å². The lowest BCUT2D eigenvalue weighted by atomic mass is 10.1. The number of benzene rings is 3. The van der Waals surface area contributed by atoms with Crippen LogP contribution in [0.4, 0.5) is 5.69 Å². The molecule has 1 aliphatic rings. The summed E-state index contributed by atoms with van der Waals surface area (Å²) in [4.78, 5) is 17.4. The molecule has 0 atom stereocenters. The van der Waals surface area contributed by atoms with Crippen LogP contribution in [0, 0.1) is 11.3 Å². The molecule has 3 aromatic carbocycles. The van der Waals surface area contributed by atoms with Gasteiger partial charge in [-0.05, 0) is 55.0 Å². The summed E-state index contributed by atoms with van der Waals surface area (Å²) >= 11 is 6.22. The fraction of sp³-hybridized carbons (Fsp3) is 0.259. The van der Waals surface area contributed by atoms with Crippen LogP contribution in [0.1, 0.15) is 27.9 Å². The van der Waals surface area contributed by atoms with Crippen LogP contribution in [0.5, 0.6) is 11.5 Å². The Kier molecular flexibility index (Phi) is 7.56. The fourth-order valence-electron chi connectivity index (χ4n) is 4.00. The lowest BCUT2D eigenvalue weighted by molar-refractivity contribution is 0.0766. The molecule has 6 nitrogen and oxygen atoms in total. The maximum absolute atomic E-state index is 13.2. The molecule has 0 radical (unpaired) electrons. The third kappa shape index (κ3) is 5.44. The minimum absolute atomic E-state index is 0.0300. The molecular formula is C27H26ClN3O3. The largest absolute Gasteiger partial charge is 0.493 e. The van der Waals surface area contributed by atoms with E-state index in [1.807, 2.05) is 53.4 Å². The average molecular weight is 476 g/mol. The van der Waals surface area contributed by atoms with E-state index in [2.05, 4.69) is 11.0 Å². The number of nitrogens with zero attached hydrogens (tertiary/aromatic N) is 3. The van der Waals surface area contributed by atoms with E-state index in [4.69, 9.17) is 26.3 Å². The highest BCUT2D eigenvalue weighted by Crippen LogP contribution is 2.30. The van der Waals surface area contributed by atoms with Crippen LogP contribution in [0.3, 0.4) is 0 Å². The molecule has 174 valence electrons. The van der Waals surface area contributed by atoms with Gasteiger partial charge in [-0.1, -0.05) is 29.8 Å². The molecule has 3 aromatic rings. The highest BCUT2D eigenvalue weighted by atomic mass is 35.5. The van der Waals surface area contributed by atoms with Gasteiger partial charge in [-0.2, -0.15) is 5.26 Å². The first-order valence-corrected chi connectivity index (χ1v) is 11.6. The summed E-state index contributed by atoms with van der Waals surface area (Å²) in [5.74, 6) is 1.03. The van der Waals surface area contributed by atoms with Crippen molar-refractivity contribution in [2.75, 3.05) is 38.2 Å². The summed E-state index contributed by atoms with van der Waals surface area (Å²) in [5, 5.41) is 9.65. The lowest BCUT2D eigenvalue weighted by Gasteiger charge is -2.24. The summed E-state index contributed by atoms with van der Waals surface area (Å²) in [6.45, 7) is 3.19. The van der Waals surface area contributed by atoms with Crippen LogP contribution in [0.15, 0.2) is 66.7 Å². The Morgan fingerprint density at radius 3 is 2.53 bits per heavy atom. The van der Waals surface area contributed by atoms with Gasteiger partial charge in [-0.15, -0.1) is 0 Å². The second-order valence-corrected chi connectivity index (χ2v) is 8.44. The third-order valence-corrected chi connectivity index (χ3v) is 6.26. The number of nitriles is 1. The summed E-state index contributed by atoms with van der Waals surface area (Å²) < 4.78 is 11.4. The number of amides is 1. The Balaban J connectivity index is 1.41. The number of hydrogen-bond donors (Lipinski definition) is 0. The van der Waals surface area contributed by atoms with Gasteiger partial charge in [0.2, 0.25) is 0 Å². The number of carbonyl (C=O) groups excluding carboxylic acids is 1. The third-order valence-electron chi connectivity index (χ3n) is 5.90. The highest BCUT2D eigenvalue weighted by molar-refractivity contribution is 6.31. The van der Waals surface area contributed by atoms with E-state index in [0.29, 0.717) is 47.3 Å². The van der Waals surface area contributed by atoms with Gasteiger partial charge >= 0.3 is 0 Å². The zero-order chi connectivity index (χ0) is 23.9. The molecule has 1 saturated heterocycles. The van der Waals surface area contributed by atoms with Gasteiger partial charge in [0.05, 0.1) is 18.7 Å². The van der Waals surface area contributed by atoms with Crippen molar-refractivity contribution in [1.29, 1.82) is 5.26 Å². The topological polar surface area (TPSA) is 65.8 Å². The number of anilines is 1. The number of methoxy groups -OCH3 is 1. The molecule has 0 bridgehead atoms. The molecule has 0 aliphatic carbocycles. The molecule has 0 aromatic heterocycles. The normalized spacial score (nSPS) is 13.7. The minimum Gasteiger partial charge on any atom is -0.493 e. The molecule has 4 rings (SSSR count). The number of rotatable bonds is 6. The van der Waals surface area contributed by atoms with Crippen molar-refractivity contribution in [2.24, 2.45) is 0 Å². The Morgan fingerprint density at radius 1 is 1.00 bits per heavy atom. The number of halogens is 1. The molecular weight excluding hydrogens is 450 g/mol. The maximum Gasteiger partial charge on any atom is 0.254 e. The van der Waals surface area contributed by atoms with Crippen molar-refractivity contribution < 1.29 is 14.3 Å². The average Bonchev–Trinajstić information content (AvgIpc) is 3.14. The Bertz CT molecular complexity index is 1190. The number of carbonyl (C=O) groups is 1. The predicted molar refractivity (Wildman–Crippen MR) is 133 cm³/mol. The van der Waals surface area contributed by atoms with Crippen LogP contribution in [-0.4, -0.2) is 44.1 Å². The molecule has 34 heavy (non-hydrogen) atoms. The Labute approximate surface area is 204 Å². The zero-order valence-electron chi connectivity index (χ0n) is 19.0. The van der Waals surface area contributed by atoms with Crippen molar-refractivity contribution in [2.45, 2.75) is 13.0 Å². The van der Waals surface area contributed by atoms with Gasteiger partial charge < -0.3 is 19.3 Å². The second kappa shape index (κ2) is 11.0. The van der Waals surface area contributed by atoms with E-state index in [0.717, 1.165) is 30.8 Å². The van der Waals surface area contributed by atoms with Crippen LogP contribution in [0.25, 0.3) is 0 Å². The smallest absolute Gasteiger partial charge is 0.254 e. The van der Waals surface area contributed by atoms with E-state index < -0.39 is 0 Å². The van der Waals surface area contributed by atoms with E-state index >= 15 is 0 Å². The van der Waals surface area contributed by atoms with Gasteiger partial charge in [0.15, 0.2) is 11.5 Å². The van der Waals surface area contributed by atoms with Crippen LogP contribution in [-0.2, 0) is 6.61 Å². The fourth-order valence-corrected chi connectivity index (χ4v) is 4.19. The summed E-state index contributed by atoms with van der Waals surface area (Å²) in [6, 6.07) is 22.5. The molecule has 0 saturated carbocycles. The van der Waals surface area contributed by atoms with E-state index in [9.17, 15) is 4.79 Å². The highest BCUT2D eigenvalue weighted by Gasteiger charge is 2.22. The first-order chi connectivity index (χ1) is 16.6. The molecule has 1 amide bonds. The molecule has 7 heteroatoms. The van der Waals surface area contributed by atoms with Crippen LogP contribution in [0.2, 0.25) is 5.02 Å². The molecule has 0 N–H and O–H groups in total. The minimum atomic E-state index is -0.0300. The molecule has 0 spiro atoms. The van der Waals surface area contributed by atoms with E-state index in [1.165, 1.54) is 0 Å². The number of ether oxygens (including phenoxy) is 2. The first-order valence-electron chi connectivity index (χ1n) is 11.2. The Hall–Kier alpha value is -3.69. The van der Waals surface area contributed by atoms with Crippen molar-refractivity contribution >= 4 is 23.2 Å². The SMILES string of the molecule is COc1cc(C(=O)N2CCCN(c3ccc(C#N)cc3)CC2)ccc1OCc1ccccc1Cl. The molecule has 1 fully saturated rings. The van der Waals surface area contributed by atoms with Gasteiger partial charge in [0.25, 0.3) is 5.91 Å². The zero-order valence-corrected chi connectivity index (χ0v) is 19.8. The Morgan fingerprint density at radius 2 is 1.79 bits per heavy atom. The quantitative estimate of drug-likeness (QED) is 0.493. The summed E-state index contributed by atoms with van der Waals surface area (Å²) in [6.07, 6.45) is 0.863. The van der Waals surface area contributed by atoms with Gasteiger partial charge in [-0.25, -0.2) is 0 Å². The molecule has 1 aliphatic heterocycles. The summed E-state index contributed by atoms with van der Waals surface area (Å²) in [5.41, 5.74) is 3.15. The molecule has 1 heterocycles. The van der Waals surface area contributed by atoms with Crippen LogP contribution < -0.4 is 14.4 Å². The van der Waals surface area contributed by atoms with Gasteiger partial charge in [-0.3, -0.25) is 4.79 Å². The van der Waals surface area contributed by atoms with Crippen molar-refractivity contribution in [3.05, 3.63) is 88.4 Å². The second-order valence-electron chi connectivity index (χ2n) is 8.04. The van der Waals surface area contributed by atoms with Crippen LogP contribution >= 0.6 is 11.6 Å².